The molecule has 3 rings (SSSR count). The van der Waals surface area contributed by atoms with E-state index in [4.69, 9.17) is 16.3 Å². The Morgan fingerprint density at radius 1 is 1.12 bits per heavy atom. The Kier molecular flexibility index (Phi) is 5.87. The van der Waals surface area contributed by atoms with Gasteiger partial charge in [-0.2, -0.15) is 0 Å². The van der Waals surface area contributed by atoms with Crippen LogP contribution in [-0.4, -0.2) is 55.4 Å². The van der Waals surface area contributed by atoms with Crippen molar-refractivity contribution in [2.24, 2.45) is 0 Å². The number of benzene rings is 1. The van der Waals surface area contributed by atoms with Crippen LogP contribution in [0, 0.1) is 0 Å². The molecule has 0 bridgehead atoms. The monoisotopic (exact) mass is 399 g/mol. The summed E-state index contributed by atoms with van der Waals surface area (Å²) in [6, 6.07) is 6.18. The molecule has 0 aromatic heterocycles. The normalized spacial score (nSPS) is 22.3. The molecular weight excluding hydrogens is 378 g/mol. The second kappa shape index (κ2) is 7.96. The third-order valence-electron chi connectivity index (χ3n) is 5.03. The van der Waals surface area contributed by atoms with Gasteiger partial charge in [-0.05, 0) is 31.4 Å². The average Bonchev–Trinajstić information content (AvgIpc) is 3.23. The quantitative estimate of drug-likeness (QED) is 0.710. The number of esters is 1. The maximum Gasteiger partial charge on any atom is 0.340 e. The Balaban J connectivity index is 1.68. The van der Waals surface area contributed by atoms with Gasteiger partial charge >= 0.3 is 5.97 Å². The predicted molar refractivity (Wildman–Crippen MR) is 97.9 cm³/mol. The van der Waals surface area contributed by atoms with E-state index >= 15 is 0 Å². The van der Waals surface area contributed by atoms with Crippen molar-refractivity contribution in [3.63, 3.8) is 0 Å². The summed E-state index contributed by atoms with van der Waals surface area (Å²) >= 11 is 5.97. The molecule has 2 fully saturated rings. The van der Waals surface area contributed by atoms with Crippen molar-refractivity contribution in [1.82, 2.24) is 4.90 Å². The Morgan fingerprint density at radius 2 is 1.81 bits per heavy atom. The lowest BCUT2D eigenvalue weighted by atomic mass is 10.1. The highest BCUT2D eigenvalue weighted by molar-refractivity contribution is 7.91. The van der Waals surface area contributed by atoms with Gasteiger partial charge < -0.3 is 9.64 Å². The Hall–Kier alpha value is -1.60. The number of hydrogen-bond donors (Lipinski definition) is 0. The van der Waals surface area contributed by atoms with Gasteiger partial charge in [0.2, 0.25) is 0 Å². The number of rotatable bonds is 5. The van der Waals surface area contributed by atoms with Crippen LogP contribution in [0.2, 0.25) is 5.02 Å². The molecule has 1 aliphatic carbocycles. The molecule has 0 unspecified atom stereocenters. The maximum atomic E-state index is 12.8. The molecule has 2 aliphatic rings. The molecule has 1 amide bonds. The largest absolute Gasteiger partial charge is 0.452 e. The summed E-state index contributed by atoms with van der Waals surface area (Å²) in [6.07, 6.45) is 4.21. The van der Waals surface area contributed by atoms with E-state index in [-0.39, 0.29) is 40.1 Å². The minimum Gasteiger partial charge on any atom is -0.452 e. The summed E-state index contributed by atoms with van der Waals surface area (Å²) in [4.78, 5) is 26.6. The minimum absolute atomic E-state index is 0.00625. The maximum absolute atomic E-state index is 12.8. The van der Waals surface area contributed by atoms with Crippen LogP contribution in [0.15, 0.2) is 24.3 Å². The molecule has 1 aliphatic heterocycles. The number of nitrogens with zero attached hydrogens (tertiary/aromatic N) is 1. The van der Waals surface area contributed by atoms with Gasteiger partial charge in [0.1, 0.15) is 0 Å². The Labute approximate surface area is 158 Å². The highest BCUT2D eigenvalue weighted by atomic mass is 35.5. The van der Waals surface area contributed by atoms with Crippen molar-refractivity contribution in [3.05, 3.63) is 34.9 Å². The summed E-state index contributed by atoms with van der Waals surface area (Å²) in [5.74, 6) is -0.893. The van der Waals surface area contributed by atoms with Crippen LogP contribution in [0.4, 0.5) is 0 Å². The molecule has 1 saturated heterocycles. The van der Waals surface area contributed by atoms with Crippen LogP contribution in [0.1, 0.15) is 42.5 Å². The molecule has 6 nitrogen and oxygen atoms in total. The van der Waals surface area contributed by atoms with E-state index in [0.717, 1.165) is 25.7 Å². The topological polar surface area (TPSA) is 80.8 Å². The lowest BCUT2D eigenvalue weighted by Crippen LogP contribution is -2.48. The molecule has 1 saturated carbocycles. The zero-order valence-electron chi connectivity index (χ0n) is 14.4. The summed E-state index contributed by atoms with van der Waals surface area (Å²) in [6.45, 7) is -0.406. The van der Waals surface area contributed by atoms with Crippen molar-refractivity contribution >= 4 is 33.3 Å². The highest BCUT2D eigenvalue weighted by Crippen LogP contribution is 2.29. The smallest absolute Gasteiger partial charge is 0.340 e. The first-order valence-corrected chi connectivity index (χ1v) is 11.0. The van der Waals surface area contributed by atoms with E-state index in [1.807, 2.05) is 0 Å². The van der Waals surface area contributed by atoms with Gasteiger partial charge in [0.05, 0.1) is 22.1 Å². The number of hydrogen-bond acceptors (Lipinski definition) is 5. The van der Waals surface area contributed by atoms with Gasteiger partial charge in [0.15, 0.2) is 16.4 Å². The lowest BCUT2D eigenvalue weighted by molar-refractivity contribution is -0.139. The fraction of sp³-hybridized carbons (Fsp3) is 0.556. The summed E-state index contributed by atoms with van der Waals surface area (Å²) in [5, 5.41) is 0.263. The third-order valence-corrected chi connectivity index (χ3v) is 7.11. The number of halogens is 1. The molecule has 8 heteroatoms. The van der Waals surface area contributed by atoms with Crippen LogP contribution < -0.4 is 0 Å². The SMILES string of the molecule is O=C(OCC(=O)N(C1CCCC1)[C@@H]1CCS(=O)(=O)C1)c1ccccc1Cl. The van der Waals surface area contributed by atoms with E-state index in [1.165, 1.54) is 6.07 Å². The fourth-order valence-electron chi connectivity index (χ4n) is 3.79. The van der Waals surface area contributed by atoms with Gasteiger partial charge in [-0.15, -0.1) is 0 Å². The van der Waals surface area contributed by atoms with Crippen molar-refractivity contribution in [2.75, 3.05) is 18.1 Å². The minimum atomic E-state index is -3.10. The van der Waals surface area contributed by atoms with E-state index in [0.29, 0.717) is 6.42 Å². The van der Waals surface area contributed by atoms with E-state index in [2.05, 4.69) is 0 Å². The summed E-state index contributed by atoms with van der Waals surface area (Å²) in [7, 11) is -3.10. The van der Waals surface area contributed by atoms with Crippen LogP contribution >= 0.6 is 11.6 Å². The molecule has 1 heterocycles. The number of sulfone groups is 1. The number of carbonyl (C=O) groups is 2. The van der Waals surface area contributed by atoms with Crippen LogP contribution in [0.3, 0.4) is 0 Å². The first-order valence-electron chi connectivity index (χ1n) is 8.80. The van der Waals surface area contributed by atoms with E-state index in [9.17, 15) is 18.0 Å². The van der Waals surface area contributed by atoms with Gasteiger partial charge in [0, 0.05) is 12.1 Å². The predicted octanol–water partition coefficient (Wildman–Crippen LogP) is 2.46. The molecule has 142 valence electrons. The number of carbonyl (C=O) groups excluding carboxylic acids is 2. The molecular formula is C18H22ClNO5S. The number of amides is 1. The van der Waals surface area contributed by atoms with Gasteiger partial charge in [-0.25, -0.2) is 13.2 Å². The highest BCUT2D eigenvalue weighted by Gasteiger charge is 2.39. The summed E-state index contributed by atoms with van der Waals surface area (Å²) in [5.41, 5.74) is 0.206. The molecule has 0 radical (unpaired) electrons. The van der Waals surface area contributed by atoms with Crippen molar-refractivity contribution in [3.8, 4) is 0 Å². The third kappa shape index (κ3) is 4.38. The zero-order valence-corrected chi connectivity index (χ0v) is 16.0. The second-order valence-corrected chi connectivity index (χ2v) is 9.49. The molecule has 1 aromatic carbocycles. The Morgan fingerprint density at radius 3 is 2.42 bits per heavy atom. The first kappa shape index (κ1) is 19.2. The van der Waals surface area contributed by atoms with E-state index in [1.54, 1.807) is 23.1 Å². The molecule has 1 atom stereocenters. The van der Waals surface area contributed by atoms with Crippen LogP contribution in [0.25, 0.3) is 0 Å². The fourth-order valence-corrected chi connectivity index (χ4v) is 5.71. The standard InChI is InChI=1S/C18H22ClNO5S/c19-16-8-4-3-7-15(16)18(22)25-11-17(21)20(13-5-1-2-6-13)14-9-10-26(23,24)12-14/h3-4,7-8,13-14H,1-2,5-6,9-12H2/t14-/m1/s1. The van der Waals surface area contributed by atoms with Gasteiger partial charge in [-0.3, -0.25) is 4.79 Å². The number of ether oxygens (including phenoxy) is 1. The summed E-state index contributed by atoms with van der Waals surface area (Å²) < 4.78 is 28.8. The Bertz CT molecular complexity index is 789. The van der Waals surface area contributed by atoms with Crippen molar-refractivity contribution in [2.45, 2.75) is 44.2 Å². The molecule has 26 heavy (non-hydrogen) atoms. The second-order valence-electron chi connectivity index (χ2n) is 6.85. The molecule has 0 N–H and O–H groups in total. The van der Waals surface area contributed by atoms with Gasteiger partial charge in [0.25, 0.3) is 5.91 Å². The van der Waals surface area contributed by atoms with Crippen molar-refractivity contribution in [1.29, 1.82) is 0 Å². The first-order chi connectivity index (χ1) is 12.4. The lowest BCUT2D eigenvalue weighted by Gasteiger charge is -2.33. The van der Waals surface area contributed by atoms with Crippen LogP contribution in [0.5, 0.6) is 0 Å². The zero-order chi connectivity index (χ0) is 18.7. The van der Waals surface area contributed by atoms with Crippen molar-refractivity contribution < 1.29 is 22.7 Å². The van der Waals surface area contributed by atoms with E-state index < -0.39 is 22.4 Å². The van der Waals surface area contributed by atoms with Gasteiger partial charge in [-0.1, -0.05) is 36.6 Å². The van der Waals surface area contributed by atoms with Crippen LogP contribution in [-0.2, 0) is 19.4 Å². The molecule has 1 aromatic rings. The molecule has 0 spiro atoms. The average molecular weight is 400 g/mol.